The topological polar surface area (TPSA) is 63.7 Å². The normalized spacial score (nSPS) is 23.4. The Hall–Kier alpha value is -2.34. The first-order chi connectivity index (χ1) is 12.4. The van der Waals surface area contributed by atoms with Gasteiger partial charge >= 0.3 is 5.97 Å². The Bertz CT molecular complexity index is 814. The van der Waals surface area contributed by atoms with Crippen LogP contribution in [0.25, 0.3) is 0 Å². The van der Waals surface area contributed by atoms with Gasteiger partial charge in [-0.05, 0) is 42.3 Å². The van der Waals surface area contributed by atoms with E-state index in [9.17, 15) is 18.8 Å². The molecule has 1 aromatic carbocycles. The minimum absolute atomic E-state index is 0.256. The average Bonchev–Trinajstić information content (AvgIpc) is 2.74. The molecule has 1 aromatic rings. The molecule has 138 valence electrons. The van der Waals surface area contributed by atoms with Crippen LogP contribution in [0.2, 0.25) is 0 Å². The van der Waals surface area contributed by atoms with Crippen molar-refractivity contribution in [2.24, 2.45) is 0 Å². The summed E-state index contributed by atoms with van der Waals surface area (Å²) in [7, 11) is 1.30. The SMILES string of the molecule is CCC1=C2C(=O)CC(=O)c3ccc(F)cc3C2C(C(=O)OC)N(CC)C1. The summed E-state index contributed by atoms with van der Waals surface area (Å²) in [4.78, 5) is 40.0. The minimum atomic E-state index is -0.759. The Morgan fingerprint density at radius 1 is 1.27 bits per heavy atom. The van der Waals surface area contributed by atoms with Crippen molar-refractivity contribution in [2.45, 2.75) is 38.6 Å². The molecule has 0 spiro atoms. The number of Topliss-reactive ketones (excluding diaryl/α,β-unsaturated/α-hetero) is 2. The van der Waals surface area contributed by atoms with Gasteiger partial charge in [-0.2, -0.15) is 0 Å². The van der Waals surface area contributed by atoms with Crippen LogP contribution in [0.3, 0.4) is 0 Å². The first kappa shape index (κ1) is 18.5. The van der Waals surface area contributed by atoms with Gasteiger partial charge in [-0.1, -0.05) is 13.8 Å². The van der Waals surface area contributed by atoms with Gasteiger partial charge in [-0.3, -0.25) is 19.3 Å². The highest BCUT2D eigenvalue weighted by molar-refractivity contribution is 6.17. The monoisotopic (exact) mass is 359 g/mol. The molecule has 0 bridgehead atoms. The summed E-state index contributed by atoms with van der Waals surface area (Å²) >= 11 is 0. The predicted octanol–water partition coefficient (Wildman–Crippen LogP) is 2.65. The van der Waals surface area contributed by atoms with Crippen LogP contribution >= 0.6 is 0 Å². The summed E-state index contributed by atoms with van der Waals surface area (Å²) in [5.74, 6) is -2.30. The van der Waals surface area contributed by atoms with Crippen molar-refractivity contribution < 1.29 is 23.5 Å². The molecule has 2 aliphatic rings. The molecule has 2 atom stereocenters. The van der Waals surface area contributed by atoms with Crippen LogP contribution in [-0.2, 0) is 14.3 Å². The predicted molar refractivity (Wildman–Crippen MR) is 93.5 cm³/mol. The minimum Gasteiger partial charge on any atom is -0.468 e. The van der Waals surface area contributed by atoms with E-state index in [1.54, 1.807) is 0 Å². The van der Waals surface area contributed by atoms with Gasteiger partial charge in [0.2, 0.25) is 0 Å². The number of fused-ring (bicyclic) bond motifs is 3. The number of hydrogen-bond donors (Lipinski definition) is 0. The molecular weight excluding hydrogens is 337 g/mol. The van der Waals surface area contributed by atoms with E-state index < -0.39 is 23.7 Å². The Morgan fingerprint density at radius 3 is 2.62 bits per heavy atom. The third-order valence-corrected chi connectivity index (χ3v) is 5.34. The second kappa shape index (κ2) is 7.11. The molecule has 0 saturated carbocycles. The number of hydrogen-bond acceptors (Lipinski definition) is 5. The van der Waals surface area contributed by atoms with Gasteiger partial charge in [0.05, 0.1) is 13.5 Å². The molecule has 1 aliphatic heterocycles. The highest BCUT2D eigenvalue weighted by Gasteiger charge is 2.46. The molecule has 1 aliphatic carbocycles. The molecule has 2 unspecified atom stereocenters. The maximum atomic E-state index is 14.0. The Labute approximate surface area is 151 Å². The maximum Gasteiger partial charge on any atom is 0.324 e. The fourth-order valence-electron chi connectivity index (χ4n) is 4.11. The average molecular weight is 359 g/mol. The summed E-state index contributed by atoms with van der Waals surface area (Å²) < 4.78 is 19.0. The third kappa shape index (κ3) is 2.88. The fraction of sp³-hybridized carbons (Fsp3) is 0.450. The van der Waals surface area contributed by atoms with Gasteiger partial charge in [-0.15, -0.1) is 0 Å². The molecule has 3 rings (SSSR count). The first-order valence-electron chi connectivity index (χ1n) is 8.82. The second-order valence-corrected chi connectivity index (χ2v) is 6.63. The van der Waals surface area contributed by atoms with E-state index in [2.05, 4.69) is 0 Å². The van der Waals surface area contributed by atoms with Crippen molar-refractivity contribution in [1.29, 1.82) is 0 Å². The van der Waals surface area contributed by atoms with Gasteiger partial charge in [0, 0.05) is 23.6 Å². The fourth-order valence-corrected chi connectivity index (χ4v) is 4.11. The lowest BCUT2D eigenvalue weighted by atomic mass is 9.76. The van der Waals surface area contributed by atoms with E-state index in [4.69, 9.17) is 4.74 Å². The molecular formula is C20H22FNO4. The van der Waals surface area contributed by atoms with Gasteiger partial charge in [-0.25, -0.2) is 4.39 Å². The van der Waals surface area contributed by atoms with E-state index in [0.717, 1.165) is 5.57 Å². The van der Waals surface area contributed by atoms with E-state index in [1.807, 2.05) is 18.7 Å². The van der Waals surface area contributed by atoms with Crippen molar-refractivity contribution in [1.82, 2.24) is 4.90 Å². The van der Waals surface area contributed by atoms with Crippen LogP contribution < -0.4 is 0 Å². The van der Waals surface area contributed by atoms with Crippen molar-refractivity contribution in [3.63, 3.8) is 0 Å². The number of likely N-dealkylation sites (N-methyl/N-ethyl adjacent to an activating group) is 1. The summed E-state index contributed by atoms with van der Waals surface area (Å²) in [5, 5.41) is 0. The van der Waals surface area contributed by atoms with Gasteiger partial charge in [0.15, 0.2) is 11.6 Å². The van der Waals surface area contributed by atoms with Crippen LogP contribution in [0.1, 0.15) is 48.5 Å². The molecule has 0 N–H and O–H groups in total. The van der Waals surface area contributed by atoms with Crippen LogP contribution in [0.4, 0.5) is 4.39 Å². The quantitative estimate of drug-likeness (QED) is 0.613. The highest BCUT2D eigenvalue weighted by atomic mass is 19.1. The van der Waals surface area contributed by atoms with Crippen LogP contribution in [0, 0.1) is 5.82 Å². The van der Waals surface area contributed by atoms with Gasteiger partial charge in [0.25, 0.3) is 0 Å². The zero-order chi connectivity index (χ0) is 19.0. The Kier molecular flexibility index (Phi) is 5.05. The zero-order valence-electron chi connectivity index (χ0n) is 15.2. The number of benzene rings is 1. The van der Waals surface area contributed by atoms with E-state index >= 15 is 0 Å². The largest absolute Gasteiger partial charge is 0.468 e. The molecule has 6 heteroatoms. The molecule has 0 radical (unpaired) electrons. The van der Waals surface area contributed by atoms with Gasteiger partial charge in [0.1, 0.15) is 11.9 Å². The lowest BCUT2D eigenvalue weighted by molar-refractivity contribution is -0.147. The van der Waals surface area contributed by atoms with E-state index in [1.165, 1.54) is 25.3 Å². The first-order valence-corrected chi connectivity index (χ1v) is 8.82. The number of rotatable bonds is 3. The maximum absolute atomic E-state index is 14.0. The van der Waals surface area contributed by atoms with Crippen LogP contribution in [-0.4, -0.2) is 48.7 Å². The Morgan fingerprint density at radius 2 is 2.00 bits per heavy atom. The number of ether oxygens (including phenoxy) is 1. The van der Waals surface area contributed by atoms with Crippen molar-refractivity contribution in [2.75, 3.05) is 20.2 Å². The summed E-state index contributed by atoms with van der Waals surface area (Å²) in [5.41, 5.74) is 2.08. The number of carbonyl (C=O) groups is 3. The smallest absolute Gasteiger partial charge is 0.324 e. The standard InChI is InChI=1S/C20H22FNO4/c1-4-11-10-22(5-2)19(20(25)26-3)18-14-8-12(21)6-7-13(14)15(23)9-16(24)17(11)18/h6-8,18-19H,4-5,9-10H2,1-3H3. The molecule has 0 fully saturated rings. The number of methoxy groups -OCH3 is 1. The summed E-state index contributed by atoms with van der Waals surface area (Å²) in [6, 6.07) is 3.14. The number of esters is 1. The number of ketones is 2. The highest BCUT2D eigenvalue weighted by Crippen LogP contribution is 2.43. The van der Waals surface area contributed by atoms with Crippen LogP contribution in [0.5, 0.6) is 0 Å². The summed E-state index contributed by atoms with van der Waals surface area (Å²) in [6.07, 6.45) is 0.370. The molecule has 1 heterocycles. The lowest BCUT2D eigenvalue weighted by Crippen LogP contribution is -2.51. The molecule has 26 heavy (non-hydrogen) atoms. The third-order valence-electron chi connectivity index (χ3n) is 5.34. The molecule has 5 nitrogen and oxygen atoms in total. The van der Waals surface area contributed by atoms with E-state index in [-0.39, 0.29) is 18.0 Å². The molecule has 0 amide bonds. The van der Waals surface area contributed by atoms with Crippen molar-refractivity contribution in [3.8, 4) is 0 Å². The molecule has 0 saturated heterocycles. The van der Waals surface area contributed by atoms with E-state index in [0.29, 0.717) is 36.2 Å². The number of halogens is 1. The van der Waals surface area contributed by atoms with Gasteiger partial charge < -0.3 is 4.74 Å². The number of nitrogens with zero attached hydrogens (tertiary/aromatic N) is 1. The number of carbonyl (C=O) groups excluding carboxylic acids is 3. The molecule has 0 aromatic heterocycles. The second-order valence-electron chi connectivity index (χ2n) is 6.63. The van der Waals surface area contributed by atoms with Crippen molar-refractivity contribution >= 4 is 17.5 Å². The van der Waals surface area contributed by atoms with Crippen molar-refractivity contribution in [3.05, 3.63) is 46.3 Å². The zero-order valence-corrected chi connectivity index (χ0v) is 15.2. The summed E-state index contributed by atoms with van der Waals surface area (Å²) in [6.45, 7) is 4.89. The lowest BCUT2D eigenvalue weighted by Gasteiger charge is -2.41. The Balaban J connectivity index is 2.33. The van der Waals surface area contributed by atoms with Crippen LogP contribution in [0.15, 0.2) is 29.3 Å².